The van der Waals surface area contributed by atoms with Crippen molar-refractivity contribution in [2.45, 2.75) is 6.42 Å². The van der Waals surface area contributed by atoms with E-state index in [9.17, 15) is 9.59 Å². The van der Waals surface area contributed by atoms with E-state index < -0.39 is 0 Å². The number of hydrogen-bond acceptors (Lipinski definition) is 3. The molecule has 0 atom stereocenters. The third-order valence-electron chi connectivity index (χ3n) is 2.24. The molecule has 1 aromatic carbocycles. The van der Waals surface area contributed by atoms with Crippen molar-refractivity contribution in [3.63, 3.8) is 0 Å². The molecule has 0 aliphatic carbocycles. The van der Waals surface area contributed by atoms with E-state index in [1.165, 1.54) is 22.7 Å². The molecule has 0 aliphatic rings. The first kappa shape index (κ1) is 13.5. The maximum atomic E-state index is 11.5. The monoisotopic (exact) mass is 249 g/mol. The molecule has 0 bridgehead atoms. The quantitative estimate of drug-likeness (QED) is 0.572. The summed E-state index contributed by atoms with van der Waals surface area (Å²) >= 11 is 1.43. The summed E-state index contributed by atoms with van der Waals surface area (Å²) in [7, 11) is 0. The average Bonchev–Trinajstić information content (AvgIpc) is 2.38. The highest BCUT2D eigenvalue weighted by Crippen LogP contribution is 2.02. The Morgan fingerprint density at radius 2 is 2.06 bits per heavy atom. The minimum absolute atomic E-state index is 0.273. The number of hydrogen-bond donors (Lipinski definition) is 0. The molecule has 0 saturated heterocycles. The van der Waals surface area contributed by atoms with Gasteiger partial charge in [0.05, 0.1) is 0 Å². The molecule has 0 spiro atoms. The number of thioether (sulfide) groups is 1. The average molecular weight is 249 g/mol. The molecule has 0 fully saturated rings. The summed E-state index contributed by atoms with van der Waals surface area (Å²) in [5, 5.41) is 1.67. The highest BCUT2D eigenvalue weighted by Gasteiger charge is 2.08. The lowest BCUT2D eigenvalue weighted by Gasteiger charge is -2.12. The van der Waals surface area contributed by atoms with Crippen molar-refractivity contribution >= 4 is 24.1 Å². The normalized spacial score (nSPS) is 10.4. The van der Waals surface area contributed by atoms with E-state index in [2.05, 4.69) is 0 Å². The second-order valence-corrected chi connectivity index (χ2v) is 4.15. The lowest BCUT2D eigenvalue weighted by atomic mass is 10.1. The van der Waals surface area contributed by atoms with Gasteiger partial charge in [0.1, 0.15) is 0 Å². The van der Waals surface area contributed by atoms with Gasteiger partial charge in [0.2, 0.25) is 6.41 Å². The Morgan fingerprint density at radius 1 is 1.35 bits per heavy atom. The minimum atomic E-state index is -0.273. The summed E-state index contributed by atoms with van der Waals surface area (Å²) in [5.41, 5.74) is 1.11. The Balaban J connectivity index is 2.50. The summed E-state index contributed by atoms with van der Waals surface area (Å²) in [6.07, 6.45) is 4.53. The molecular formula is C13H15NO2S. The number of amides is 2. The third kappa shape index (κ3) is 4.87. The Labute approximate surface area is 106 Å². The van der Waals surface area contributed by atoms with Crippen LogP contribution in [0, 0.1) is 0 Å². The van der Waals surface area contributed by atoms with Gasteiger partial charge in [0.25, 0.3) is 5.91 Å². The first-order valence-electron chi connectivity index (χ1n) is 5.27. The van der Waals surface area contributed by atoms with Crippen molar-refractivity contribution in [3.8, 4) is 0 Å². The van der Waals surface area contributed by atoms with Crippen LogP contribution < -0.4 is 0 Å². The maximum Gasteiger partial charge on any atom is 0.253 e. The SMILES string of the molecule is CSC=CC(=O)N(C=O)CCc1ccccc1. The van der Waals surface area contributed by atoms with Crippen LogP contribution >= 0.6 is 11.8 Å². The minimum Gasteiger partial charge on any atom is -0.281 e. The van der Waals surface area contributed by atoms with Crippen LogP contribution in [-0.2, 0) is 16.0 Å². The van der Waals surface area contributed by atoms with E-state index in [4.69, 9.17) is 0 Å². The number of imide groups is 1. The van der Waals surface area contributed by atoms with Crippen molar-refractivity contribution in [1.82, 2.24) is 4.90 Å². The van der Waals surface area contributed by atoms with Gasteiger partial charge in [-0.25, -0.2) is 0 Å². The number of carbonyl (C=O) groups is 2. The van der Waals surface area contributed by atoms with E-state index >= 15 is 0 Å². The van der Waals surface area contributed by atoms with Crippen LogP contribution in [-0.4, -0.2) is 30.0 Å². The van der Waals surface area contributed by atoms with Crippen LogP contribution in [0.5, 0.6) is 0 Å². The highest BCUT2D eigenvalue weighted by molar-refractivity contribution is 8.01. The second kappa shape index (κ2) is 7.68. The van der Waals surface area contributed by atoms with Gasteiger partial charge < -0.3 is 0 Å². The molecular weight excluding hydrogens is 234 g/mol. The van der Waals surface area contributed by atoms with E-state index in [0.29, 0.717) is 19.4 Å². The lowest BCUT2D eigenvalue weighted by molar-refractivity contribution is -0.134. The van der Waals surface area contributed by atoms with Gasteiger partial charge in [-0.05, 0) is 23.6 Å². The first-order chi connectivity index (χ1) is 8.27. The second-order valence-electron chi connectivity index (χ2n) is 3.41. The molecule has 1 aromatic rings. The van der Waals surface area contributed by atoms with Gasteiger partial charge in [0.15, 0.2) is 0 Å². The highest BCUT2D eigenvalue weighted by atomic mass is 32.2. The molecule has 0 unspecified atom stereocenters. The van der Waals surface area contributed by atoms with Crippen LogP contribution in [0.1, 0.15) is 5.56 Å². The Morgan fingerprint density at radius 3 is 2.65 bits per heavy atom. The molecule has 0 heterocycles. The lowest BCUT2D eigenvalue weighted by Crippen LogP contribution is -2.30. The van der Waals surface area contributed by atoms with Crippen molar-refractivity contribution in [2.75, 3.05) is 12.8 Å². The molecule has 0 saturated carbocycles. The van der Waals surface area contributed by atoms with Gasteiger partial charge in [-0.1, -0.05) is 30.3 Å². The summed E-state index contributed by atoms with van der Waals surface area (Å²) < 4.78 is 0. The molecule has 3 nitrogen and oxygen atoms in total. The van der Waals surface area contributed by atoms with E-state index in [1.54, 1.807) is 5.41 Å². The van der Waals surface area contributed by atoms with Gasteiger partial charge in [-0.15, -0.1) is 11.8 Å². The van der Waals surface area contributed by atoms with Crippen molar-refractivity contribution in [3.05, 3.63) is 47.4 Å². The molecule has 0 N–H and O–H groups in total. The fraction of sp³-hybridized carbons (Fsp3) is 0.231. The summed E-state index contributed by atoms with van der Waals surface area (Å²) in [6, 6.07) is 9.77. The van der Waals surface area contributed by atoms with Crippen LogP contribution in [0.4, 0.5) is 0 Å². The van der Waals surface area contributed by atoms with Crippen molar-refractivity contribution in [2.24, 2.45) is 0 Å². The largest absolute Gasteiger partial charge is 0.281 e. The number of rotatable bonds is 6. The van der Waals surface area contributed by atoms with Crippen LogP contribution in [0.3, 0.4) is 0 Å². The number of carbonyl (C=O) groups excluding carboxylic acids is 2. The number of nitrogens with zero attached hydrogens (tertiary/aromatic N) is 1. The van der Waals surface area contributed by atoms with E-state index in [0.717, 1.165) is 5.56 Å². The third-order valence-corrected chi connectivity index (χ3v) is 2.65. The van der Waals surface area contributed by atoms with Crippen LogP contribution in [0.2, 0.25) is 0 Å². The van der Waals surface area contributed by atoms with Crippen molar-refractivity contribution < 1.29 is 9.59 Å². The fourth-order valence-electron chi connectivity index (χ4n) is 1.33. The predicted octanol–water partition coefficient (Wildman–Crippen LogP) is 2.09. The molecule has 0 aromatic heterocycles. The Kier molecular flexibility index (Phi) is 6.10. The molecule has 4 heteroatoms. The number of benzene rings is 1. The molecule has 0 radical (unpaired) electrons. The fourth-order valence-corrected chi connectivity index (χ4v) is 1.58. The van der Waals surface area contributed by atoms with Crippen LogP contribution in [0.25, 0.3) is 0 Å². The molecule has 17 heavy (non-hydrogen) atoms. The summed E-state index contributed by atoms with van der Waals surface area (Å²) in [6.45, 7) is 0.408. The molecule has 0 aliphatic heterocycles. The summed E-state index contributed by atoms with van der Waals surface area (Å²) in [4.78, 5) is 23.5. The molecule has 90 valence electrons. The van der Waals surface area contributed by atoms with Gasteiger partial charge >= 0.3 is 0 Å². The Hall–Kier alpha value is -1.55. The zero-order chi connectivity index (χ0) is 12.5. The van der Waals surface area contributed by atoms with Gasteiger partial charge in [-0.2, -0.15) is 0 Å². The predicted molar refractivity (Wildman–Crippen MR) is 70.6 cm³/mol. The standard InChI is InChI=1S/C13H15NO2S/c1-17-10-8-13(16)14(11-15)9-7-12-5-3-2-4-6-12/h2-6,8,10-11H,7,9H2,1H3. The maximum absolute atomic E-state index is 11.5. The molecule has 1 rings (SSSR count). The topological polar surface area (TPSA) is 37.4 Å². The van der Waals surface area contributed by atoms with Gasteiger partial charge in [0, 0.05) is 12.6 Å². The van der Waals surface area contributed by atoms with Crippen molar-refractivity contribution in [1.29, 1.82) is 0 Å². The first-order valence-corrected chi connectivity index (χ1v) is 6.56. The molecule has 2 amide bonds. The van der Waals surface area contributed by atoms with E-state index in [-0.39, 0.29) is 5.91 Å². The van der Waals surface area contributed by atoms with E-state index in [1.807, 2.05) is 36.6 Å². The Bertz CT molecular complexity index is 390. The van der Waals surface area contributed by atoms with Gasteiger partial charge in [-0.3, -0.25) is 14.5 Å². The zero-order valence-corrected chi connectivity index (χ0v) is 10.5. The smallest absolute Gasteiger partial charge is 0.253 e. The zero-order valence-electron chi connectivity index (χ0n) is 9.70. The van der Waals surface area contributed by atoms with Crippen LogP contribution in [0.15, 0.2) is 41.8 Å². The summed E-state index contributed by atoms with van der Waals surface area (Å²) in [5.74, 6) is -0.273.